The molecule has 0 aliphatic carbocycles. The van der Waals surface area contributed by atoms with E-state index in [2.05, 4.69) is 10.3 Å². The average molecular weight is 492 g/mol. The molecule has 0 unspecified atom stereocenters. The fourth-order valence-electron chi connectivity index (χ4n) is 4.72. The summed E-state index contributed by atoms with van der Waals surface area (Å²) in [7, 11) is 0. The Morgan fingerprint density at radius 3 is 2.59 bits per heavy atom. The van der Waals surface area contributed by atoms with Gasteiger partial charge in [-0.1, -0.05) is 24.3 Å². The molecule has 0 saturated heterocycles. The van der Waals surface area contributed by atoms with Crippen LogP contribution in [0.3, 0.4) is 0 Å². The summed E-state index contributed by atoms with van der Waals surface area (Å²) in [5.74, 6) is -0.339. The van der Waals surface area contributed by atoms with Gasteiger partial charge >= 0.3 is 5.97 Å². The number of ether oxygens (including phenoxy) is 2. The van der Waals surface area contributed by atoms with Gasteiger partial charge in [0.15, 0.2) is 6.61 Å². The molecule has 0 radical (unpaired) electrons. The fraction of sp³-hybridized carbons (Fsp3) is 0.103. The Morgan fingerprint density at radius 1 is 0.919 bits per heavy atom. The van der Waals surface area contributed by atoms with Crippen LogP contribution in [0.4, 0.5) is 5.69 Å². The zero-order chi connectivity index (χ0) is 25.5. The quantitative estimate of drug-likeness (QED) is 0.266. The number of hydrogen-bond donors (Lipinski definition) is 1. The monoisotopic (exact) mass is 491 g/mol. The molecule has 6 rings (SSSR count). The summed E-state index contributed by atoms with van der Waals surface area (Å²) in [4.78, 5) is 42.4. The number of amides is 1. The van der Waals surface area contributed by atoms with Crippen LogP contribution < -0.4 is 15.6 Å². The van der Waals surface area contributed by atoms with E-state index >= 15 is 0 Å². The summed E-state index contributed by atoms with van der Waals surface area (Å²) in [6, 6.07) is 21.3. The van der Waals surface area contributed by atoms with Gasteiger partial charge in [-0.2, -0.15) is 0 Å². The Balaban J connectivity index is 1.29. The molecule has 0 atom stereocenters. The van der Waals surface area contributed by atoms with E-state index in [-0.39, 0.29) is 24.7 Å². The van der Waals surface area contributed by atoms with Gasteiger partial charge in [0.1, 0.15) is 5.75 Å². The van der Waals surface area contributed by atoms with E-state index in [0.29, 0.717) is 22.4 Å². The van der Waals surface area contributed by atoms with Gasteiger partial charge in [0.05, 0.1) is 28.7 Å². The third-order valence-corrected chi connectivity index (χ3v) is 6.29. The molecule has 8 heteroatoms. The predicted molar refractivity (Wildman–Crippen MR) is 142 cm³/mol. The fourth-order valence-corrected chi connectivity index (χ4v) is 4.72. The van der Waals surface area contributed by atoms with Gasteiger partial charge in [0, 0.05) is 33.4 Å². The number of anilines is 1. The van der Waals surface area contributed by atoms with Crippen LogP contribution in [0.5, 0.6) is 5.75 Å². The molecule has 0 aliphatic rings. The minimum atomic E-state index is -0.453. The van der Waals surface area contributed by atoms with Gasteiger partial charge in [-0.3, -0.25) is 19.0 Å². The summed E-state index contributed by atoms with van der Waals surface area (Å²) in [5, 5.41) is 5.87. The van der Waals surface area contributed by atoms with Crippen molar-refractivity contribution in [3.05, 3.63) is 94.9 Å². The minimum Gasteiger partial charge on any atom is -0.484 e. The number of nitrogens with zero attached hydrogens (tertiary/aromatic N) is 2. The van der Waals surface area contributed by atoms with Gasteiger partial charge in [-0.05, 0) is 55.5 Å². The minimum absolute atomic E-state index is 0.103. The second-order valence-electron chi connectivity index (χ2n) is 8.56. The van der Waals surface area contributed by atoms with Crippen LogP contribution in [0, 0.1) is 0 Å². The molecule has 0 spiro atoms. The van der Waals surface area contributed by atoms with Crippen LogP contribution >= 0.6 is 0 Å². The third kappa shape index (κ3) is 3.79. The zero-order valence-corrected chi connectivity index (χ0v) is 19.9. The van der Waals surface area contributed by atoms with Gasteiger partial charge in [-0.25, -0.2) is 4.79 Å². The summed E-state index contributed by atoms with van der Waals surface area (Å²) >= 11 is 0. The summed E-state index contributed by atoms with van der Waals surface area (Å²) in [6.45, 7) is 1.77. The lowest BCUT2D eigenvalue weighted by Crippen LogP contribution is -2.20. The van der Waals surface area contributed by atoms with Crippen molar-refractivity contribution < 1.29 is 19.1 Å². The molecule has 3 aromatic heterocycles. The lowest BCUT2D eigenvalue weighted by molar-refractivity contribution is -0.118. The topological polar surface area (TPSA) is 99.0 Å². The number of benzene rings is 3. The number of rotatable bonds is 6. The maximum atomic E-state index is 13.4. The van der Waals surface area contributed by atoms with E-state index in [4.69, 9.17) is 9.47 Å². The van der Waals surface area contributed by atoms with Crippen molar-refractivity contribution in [1.29, 1.82) is 0 Å². The second kappa shape index (κ2) is 8.91. The van der Waals surface area contributed by atoms with Gasteiger partial charge in [-0.15, -0.1) is 0 Å². The van der Waals surface area contributed by atoms with Gasteiger partial charge < -0.3 is 14.8 Å². The number of fused-ring (bicyclic) bond motifs is 5. The first-order chi connectivity index (χ1) is 18.0. The molecule has 3 aromatic carbocycles. The van der Waals surface area contributed by atoms with E-state index in [1.807, 2.05) is 42.5 Å². The van der Waals surface area contributed by atoms with Crippen molar-refractivity contribution in [2.45, 2.75) is 6.92 Å². The van der Waals surface area contributed by atoms with E-state index in [1.165, 1.54) is 0 Å². The number of esters is 1. The zero-order valence-electron chi connectivity index (χ0n) is 19.9. The maximum Gasteiger partial charge on any atom is 0.338 e. The Bertz CT molecular complexity index is 1890. The molecule has 3 heterocycles. The summed E-state index contributed by atoms with van der Waals surface area (Å²) in [5.41, 5.74) is 2.98. The molecule has 182 valence electrons. The molecule has 1 N–H and O–H groups in total. The van der Waals surface area contributed by atoms with Crippen molar-refractivity contribution in [3.8, 4) is 5.75 Å². The molecule has 0 fully saturated rings. The Labute approximate surface area is 210 Å². The van der Waals surface area contributed by atoms with E-state index in [1.54, 1.807) is 47.9 Å². The first-order valence-corrected chi connectivity index (χ1v) is 11.8. The molecule has 0 bridgehead atoms. The van der Waals surface area contributed by atoms with E-state index in [0.717, 1.165) is 32.7 Å². The highest BCUT2D eigenvalue weighted by molar-refractivity contribution is 6.18. The predicted octanol–water partition coefficient (Wildman–Crippen LogP) is 4.79. The van der Waals surface area contributed by atoms with Gasteiger partial charge in [0.2, 0.25) is 0 Å². The number of nitrogens with one attached hydrogen (secondary N) is 1. The smallest absolute Gasteiger partial charge is 0.338 e. The average Bonchev–Trinajstić information content (AvgIpc) is 3.25. The van der Waals surface area contributed by atoms with Crippen molar-refractivity contribution in [2.75, 3.05) is 18.5 Å². The molecule has 8 nitrogen and oxygen atoms in total. The SMILES string of the molecule is CCOC(=O)c1cccc(NC(=O)COc2ccc3c(c2)c2ccnc4c5ccccc5c(=O)n3c24)c1. The van der Waals surface area contributed by atoms with Crippen LogP contribution in [-0.2, 0) is 9.53 Å². The first kappa shape index (κ1) is 22.5. The van der Waals surface area contributed by atoms with Gasteiger partial charge in [0.25, 0.3) is 11.5 Å². The van der Waals surface area contributed by atoms with Crippen molar-refractivity contribution in [1.82, 2.24) is 9.38 Å². The highest BCUT2D eigenvalue weighted by Crippen LogP contribution is 2.34. The lowest BCUT2D eigenvalue weighted by Gasteiger charge is -2.09. The van der Waals surface area contributed by atoms with Crippen LogP contribution in [0.15, 0.2) is 83.8 Å². The molecular weight excluding hydrogens is 470 g/mol. The standard InChI is InChI=1S/C29H21N3O5/c1-2-36-29(35)17-6-5-7-18(14-17)31-25(33)16-37-19-10-11-24-23(15-19)21-12-13-30-26-20-8-3-4-9-22(20)28(34)32(24)27(21)26/h3-15H,2,16H2,1H3,(H,31,33). The van der Waals surface area contributed by atoms with Crippen molar-refractivity contribution in [2.24, 2.45) is 0 Å². The summed E-state index contributed by atoms with van der Waals surface area (Å²) in [6.07, 6.45) is 1.74. The Hall–Kier alpha value is -4.98. The van der Waals surface area contributed by atoms with Crippen LogP contribution in [-0.4, -0.2) is 34.5 Å². The number of hydrogen-bond acceptors (Lipinski definition) is 6. The first-order valence-electron chi connectivity index (χ1n) is 11.8. The van der Waals surface area contributed by atoms with Crippen molar-refractivity contribution in [3.63, 3.8) is 0 Å². The summed E-state index contributed by atoms with van der Waals surface area (Å²) < 4.78 is 12.5. The van der Waals surface area contributed by atoms with E-state index < -0.39 is 5.97 Å². The van der Waals surface area contributed by atoms with Crippen molar-refractivity contribution >= 4 is 55.7 Å². The van der Waals surface area contributed by atoms with Crippen LogP contribution in [0.25, 0.3) is 38.1 Å². The Kier molecular flexibility index (Phi) is 5.41. The number of carbonyl (C=O) groups excluding carboxylic acids is 2. The second-order valence-corrected chi connectivity index (χ2v) is 8.56. The highest BCUT2D eigenvalue weighted by atomic mass is 16.5. The van der Waals surface area contributed by atoms with Crippen LogP contribution in [0.1, 0.15) is 17.3 Å². The molecule has 37 heavy (non-hydrogen) atoms. The lowest BCUT2D eigenvalue weighted by atomic mass is 10.1. The molecule has 1 amide bonds. The molecule has 0 aliphatic heterocycles. The van der Waals surface area contributed by atoms with E-state index in [9.17, 15) is 14.4 Å². The van der Waals surface area contributed by atoms with Crippen LogP contribution in [0.2, 0.25) is 0 Å². The Morgan fingerprint density at radius 2 is 1.76 bits per heavy atom. The molecule has 6 aromatic rings. The molecular formula is C29H21N3O5. The largest absolute Gasteiger partial charge is 0.484 e. The normalized spacial score (nSPS) is 11.4. The molecule has 0 saturated carbocycles. The maximum absolute atomic E-state index is 13.4. The number of aromatic nitrogens is 2. The highest BCUT2D eigenvalue weighted by Gasteiger charge is 2.18. The number of pyridine rings is 2. The third-order valence-electron chi connectivity index (χ3n) is 6.29. The number of carbonyl (C=O) groups is 2.